The molecule has 366 valence electrons. The summed E-state index contributed by atoms with van der Waals surface area (Å²) >= 11 is 0. The average molecular weight is 998 g/mol. The number of hydrogen-bond acceptors (Lipinski definition) is 4. The van der Waals surface area contributed by atoms with E-state index in [9.17, 15) is 5.26 Å². The first-order valence-corrected chi connectivity index (χ1v) is 26.5. The van der Waals surface area contributed by atoms with Crippen LogP contribution in [0.25, 0.3) is 127 Å². The van der Waals surface area contributed by atoms with E-state index in [1.165, 1.54) is 55.3 Å². The largest absolute Gasteiger partial charge is 0.308 e. The Hall–Kier alpha value is -10.2. The van der Waals surface area contributed by atoms with Crippen molar-refractivity contribution < 1.29 is 0 Å². The van der Waals surface area contributed by atoms with Gasteiger partial charge in [0.2, 0.25) is 0 Å². The van der Waals surface area contributed by atoms with Crippen LogP contribution < -0.4 is 0 Å². The van der Waals surface area contributed by atoms with Gasteiger partial charge in [0.25, 0.3) is 0 Å². The van der Waals surface area contributed by atoms with Gasteiger partial charge in [0, 0.05) is 37.9 Å². The van der Waals surface area contributed by atoms with E-state index in [1.807, 2.05) is 66.7 Å². The summed E-state index contributed by atoms with van der Waals surface area (Å²) in [5.74, 6) is 1.28. The summed E-state index contributed by atoms with van der Waals surface area (Å²) in [5.41, 5.74) is 20.5. The third-order valence-corrected chi connectivity index (χ3v) is 16.8. The monoisotopic (exact) mass is 997 g/mol. The third kappa shape index (κ3) is 6.27. The summed E-state index contributed by atoms with van der Waals surface area (Å²) in [6.07, 6.45) is 0. The Kier molecular flexibility index (Phi) is 9.65. The Morgan fingerprint density at radius 1 is 0.410 bits per heavy atom. The van der Waals surface area contributed by atoms with Gasteiger partial charge in [-0.25, -0.2) is 19.8 Å². The molecular formula is C71H47N7. The Labute approximate surface area is 451 Å². The van der Waals surface area contributed by atoms with Crippen molar-refractivity contribution >= 4 is 49.3 Å². The molecule has 7 nitrogen and oxygen atoms in total. The van der Waals surface area contributed by atoms with Crippen molar-refractivity contribution in [3.63, 3.8) is 0 Å². The fraction of sp³-hybridized carbons (Fsp3) is 0.0845. The van der Waals surface area contributed by atoms with Crippen molar-refractivity contribution in [3.05, 3.63) is 252 Å². The van der Waals surface area contributed by atoms with Crippen LogP contribution in [0.5, 0.6) is 0 Å². The second-order valence-corrected chi connectivity index (χ2v) is 21.7. The third-order valence-electron chi connectivity index (χ3n) is 16.8. The van der Waals surface area contributed by atoms with Crippen molar-refractivity contribution in [2.45, 2.75) is 38.5 Å². The van der Waals surface area contributed by atoms with Crippen LogP contribution in [0.2, 0.25) is 0 Å². The number of aromatic nitrogens is 5. The number of nitrogens with zero attached hydrogens (tertiary/aromatic N) is 7. The number of benzene rings is 10. The van der Waals surface area contributed by atoms with E-state index in [2.05, 4.69) is 193 Å². The number of nitriles is 1. The van der Waals surface area contributed by atoms with Gasteiger partial charge in [0.15, 0.2) is 23.2 Å². The molecule has 0 radical (unpaired) electrons. The first-order chi connectivity index (χ1) is 38.1. The van der Waals surface area contributed by atoms with Crippen molar-refractivity contribution in [3.8, 4) is 85.0 Å². The zero-order chi connectivity index (χ0) is 52.6. The molecule has 0 saturated heterocycles. The molecule has 3 aromatic heterocycles. The van der Waals surface area contributed by atoms with E-state index in [-0.39, 0.29) is 10.8 Å². The summed E-state index contributed by atoms with van der Waals surface area (Å²) in [6, 6.07) is 76.7. The summed E-state index contributed by atoms with van der Waals surface area (Å²) in [6.45, 7) is 17.2. The molecule has 7 heteroatoms. The molecule has 3 heterocycles. The highest BCUT2D eigenvalue weighted by atomic mass is 15.1. The Balaban J connectivity index is 1.04. The summed E-state index contributed by atoms with van der Waals surface area (Å²) in [7, 11) is 0. The maximum atomic E-state index is 11.3. The lowest BCUT2D eigenvalue weighted by Crippen LogP contribution is -2.15. The molecule has 10 aromatic carbocycles. The molecule has 0 unspecified atom stereocenters. The highest BCUT2D eigenvalue weighted by Crippen LogP contribution is 2.56. The number of hydrogen-bond donors (Lipinski definition) is 0. The SMILES string of the molecule is [C-]#[N+]c1ccc(-c2cccc(-n3c4ccccc4c4c5c(ccc43)-c3ccccc3C5(C)C)c2-c2nc(-c3ccccc3)nc(-c3c(C#N)cccc3-n3c4ccccc4c4c5c(ccc43)-c3ccccc3C5(C)C)n2)cc1. The number of fused-ring (bicyclic) bond motifs is 14. The number of para-hydroxylation sites is 2. The first-order valence-electron chi connectivity index (χ1n) is 26.5. The van der Waals surface area contributed by atoms with Crippen LogP contribution in [0.4, 0.5) is 5.69 Å². The Morgan fingerprint density at radius 3 is 1.45 bits per heavy atom. The second-order valence-electron chi connectivity index (χ2n) is 21.7. The number of rotatable bonds is 6. The van der Waals surface area contributed by atoms with E-state index in [1.54, 1.807) is 0 Å². The van der Waals surface area contributed by atoms with Crippen LogP contribution in [-0.2, 0) is 10.8 Å². The van der Waals surface area contributed by atoms with Crippen LogP contribution in [0.3, 0.4) is 0 Å². The van der Waals surface area contributed by atoms with Crippen LogP contribution in [0, 0.1) is 17.9 Å². The predicted molar refractivity (Wildman–Crippen MR) is 316 cm³/mol. The molecule has 0 N–H and O–H groups in total. The van der Waals surface area contributed by atoms with Crippen molar-refractivity contribution in [2.24, 2.45) is 0 Å². The van der Waals surface area contributed by atoms with Crippen molar-refractivity contribution in [1.29, 1.82) is 5.26 Å². The summed E-state index contributed by atoms with van der Waals surface area (Å²) in [4.78, 5) is 20.3. The van der Waals surface area contributed by atoms with Gasteiger partial charge < -0.3 is 9.13 Å². The standard InChI is InChI=1S/C71H47N7/c1-70(2)53-27-13-9-22-47(53)49-37-39-59-62(65(49)70)51-24-11-15-29-55(51)77(59)57-31-17-21-44(41-72)61(57)68-74-67(43-19-7-6-8-20-43)75-69(76-68)64-46(42-33-35-45(73-5)36-34-42)26-18-32-58(64)78-56-30-16-12-25-52(56)63-60(78)40-38-50-48-23-10-14-28-54(48)71(3,4)66(50)63/h6-40H,1-4H3. The molecular weight excluding hydrogens is 951 g/mol. The molecule has 78 heavy (non-hydrogen) atoms. The molecule has 0 bridgehead atoms. The molecule has 0 atom stereocenters. The predicted octanol–water partition coefficient (Wildman–Crippen LogP) is 17.8. The summed E-state index contributed by atoms with van der Waals surface area (Å²) in [5, 5.41) is 16.0. The van der Waals surface area contributed by atoms with E-state index >= 15 is 0 Å². The molecule has 0 saturated carbocycles. The molecule has 15 rings (SSSR count). The summed E-state index contributed by atoms with van der Waals surface area (Å²) < 4.78 is 4.69. The zero-order valence-electron chi connectivity index (χ0n) is 43.3. The van der Waals surface area contributed by atoms with Gasteiger partial charge >= 0.3 is 0 Å². The maximum Gasteiger partial charge on any atom is 0.187 e. The van der Waals surface area contributed by atoms with E-state index in [0.717, 1.165) is 66.5 Å². The van der Waals surface area contributed by atoms with E-state index in [0.29, 0.717) is 34.3 Å². The lowest BCUT2D eigenvalue weighted by Gasteiger charge is -2.23. The average Bonchev–Trinajstić information content (AvgIpc) is 4.25. The van der Waals surface area contributed by atoms with Gasteiger partial charge in [0.1, 0.15) is 0 Å². The smallest absolute Gasteiger partial charge is 0.187 e. The molecule has 0 amide bonds. The normalized spacial score (nSPS) is 13.6. The minimum Gasteiger partial charge on any atom is -0.308 e. The van der Waals surface area contributed by atoms with Gasteiger partial charge in [-0.2, -0.15) is 5.26 Å². The van der Waals surface area contributed by atoms with Crippen LogP contribution in [0.1, 0.15) is 55.5 Å². The fourth-order valence-corrected chi connectivity index (χ4v) is 13.5. The van der Waals surface area contributed by atoms with Crippen LogP contribution >= 0.6 is 0 Å². The quantitative estimate of drug-likeness (QED) is 0.156. The van der Waals surface area contributed by atoms with E-state index in [4.69, 9.17) is 21.5 Å². The second kappa shape index (κ2) is 16.6. The van der Waals surface area contributed by atoms with Gasteiger partial charge in [-0.1, -0.05) is 198 Å². The van der Waals surface area contributed by atoms with Crippen molar-refractivity contribution in [1.82, 2.24) is 24.1 Å². The first kappa shape index (κ1) is 45.2. The van der Waals surface area contributed by atoms with Gasteiger partial charge in [0.05, 0.1) is 62.8 Å². The maximum absolute atomic E-state index is 11.3. The molecule has 13 aromatic rings. The van der Waals surface area contributed by atoms with E-state index < -0.39 is 0 Å². The topological polar surface area (TPSA) is 76.7 Å². The highest BCUT2D eigenvalue weighted by molar-refractivity contribution is 6.16. The molecule has 0 aliphatic heterocycles. The Morgan fingerprint density at radius 2 is 0.885 bits per heavy atom. The molecule has 2 aliphatic carbocycles. The molecule has 0 spiro atoms. The molecule has 0 fully saturated rings. The minimum atomic E-state index is -0.273. The van der Waals surface area contributed by atoms with Crippen molar-refractivity contribution in [2.75, 3.05) is 0 Å². The van der Waals surface area contributed by atoms with Gasteiger partial charge in [-0.15, -0.1) is 0 Å². The highest BCUT2D eigenvalue weighted by Gasteiger charge is 2.40. The molecule has 2 aliphatic rings. The van der Waals surface area contributed by atoms with Gasteiger partial charge in [-0.3, -0.25) is 0 Å². The van der Waals surface area contributed by atoms with Gasteiger partial charge in [-0.05, 0) is 98.1 Å². The van der Waals surface area contributed by atoms with Crippen LogP contribution in [0.15, 0.2) is 212 Å². The Bertz CT molecular complexity index is 4810. The zero-order valence-corrected chi connectivity index (χ0v) is 43.3. The lowest BCUT2D eigenvalue weighted by atomic mass is 9.80. The fourth-order valence-electron chi connectivity index (χ4n) is 13.5. The minimum absolute atomic E-state index is 0.271. The lowest BCUT2D eigenvalue weighted by molar-refractivity contribution is 0.666. The van der Waals surface area contributed by atoms with Crippen LogP contribution in [-0.4, -0.2) is 24.1 Å².